The number of fused-ring (bicyclic) bond motifs is 1. The van der Waals surface area contributed by atoms with Gasteiger partial charge in [0.05, 0.1) is 24.5 Å². The summed E-state index contributed by atoms with van der Waals surface area (Å²) in [5, 5.41) is 32.1. The van der Waals surface area contributed by atoms with Crippen molar-refractivity contribution in [2.45, 2.75) is 38.8 Å². The van der Waals surface area contributed by atoms with Gasteiger partial charge in [-0.2, -0.15) is 5.10 Å². The average molecular weight is 307 g/mol. The normalized spacial score (nSPS) is 17.2. The summed E-state index contributed by atoms with van der Waals surface area (Å²) >= 11 is 0. The summed E-state index contributed by atoms with van der Waals surface area (Å²) in [5.41, 5.74) is 1.54. The van der Waals surface area contributed by atoms with Crippen LogP contribution >= 0.6 is 0 Å². The zero-order chi connectivity index (χ0) is 15.5. The molecule has 0 saturated heterocycles. The fourth-order valence-electron chi connectivity index (χ4n) is 2.75. The van der Waals surface area contributed by atoms with Crippen LogP contribution in [-0.2, 0) is 26.2 Å². The Morgan fingerprint density at radius 2 is 2.05 bits per heavy atom. The van der Waals surface area contributed by atoms with E-state index in [2.05, 4.69) is 10.00 Å². The zero-order valence-electron chi connectivity index (χ0n) is 12.4. The predicted molar refractivity (Wildman–Crippen MR) is 77.6 cm³/mol. The van der Waals surface area contributed by atoms with Crippen LogP contribution in [0.15, 0.2) is 22.6 Å². The monoisotopic (exact) mass is 307 g/mol. The number of hydrogen-bond acceptors (Lipinski definition) is 6. The largest absolute Gasteiger partial charge is 0.462 e. The van der Waals surface area contributed by atoms with Crippen molar-refractivity contribution >= 4 is 0 Å². The molecule has 0 aromatic carbocycles. The minimum Gasteiger partial charge on any atom is -0.462 e. The minimum absolute atomic E-state index is 0.0881. The molecule has 120 valence electrons. The first kappa shape index (κ1) is 15.2. The smallest absolute Gasteiger partial charge is 0.129 e. The molecule has 3 heterocycles. The van der Waals surface area contributed by atoms with Gasteiger partial charge in [0.25, 0.3) is 0 Å². The number of nitrogens with zero attached hydrogens (tertiary/aromatic N) is 3. The van der Waals surface area contributed by atoms with E-state index < -0.39 is 6.10 Å². The number of aliphatic hydroxyl groups is 3. The molecular formula is C15H21N3O4. The van der Waals surface area contributed by atoms with Crippen molar-refractivity contribution in [2.24, 2.45) is 0 Å². The second-order valence-corrected chi connectivity index (χ2v) is 5.57. The van der Waals surface area contributed by atoms with E-state index in [1.54, 1.807) is 6.07 Å². The molecule has 3 rings (SSSR count). The molecule has 0 bridgehead atoms. The fourth-order valence-corrected chi connectivity index (χ4v) is 2.75. The van der Waals surface area contributed by atoms with Gasteiger partial charge in [0.15, 0.2) is 0 Å². The summed E-state index contributed by atoms with van der Waals surface area (Å²) in [6.45, 7) is 2.69. The van der Waals surface area contributed by atoms with Crippen LogP contribution < -0.4 is 0 Å². The van der Waals surface area contributed by atoms with Crippen molar-refractivity contribution in [3.8, 4) is 0 Å². The fraction of sp³-hybridized carbons (Fsp3) is 0.533. The van der Waals surface area contributed by atoms with Gasteiger partial charge in [-0.25, -0.2) is 0 Å². The summed E-state index contributed by atoms with van der Waals surface area (Å²) < 4.78 is 7.44. The van der Waals surface area contributed by atoms with E-state index in [0.29, 0.717) is 24.5 Å². The summed E-state index contributed by atoms with van der Waals surface area (Å²) in [6, 6.07) is 5.52. The van der Waals surface area contributed by atoms with E-state index in [4.69, 9.17) is 14.6 Å². The van der Waals surface area contributed by atoms with Crippen molar-refractivity contribution in [3.05, 3.63) is 41.1 Å². The van der Waals surface area contributed by atoms with Gasteiger partial charge < -0.3 is 19.7 Å². The quantitative estimate of drug-likeness (QED) is 0.740. The molecule has 7 heteroatoms. The summed E-state index contributed by atoms with van der Waals surface area (Å²) in [6.07, 6.45) is 0.0294. The predicted octanol–water partition coefficient (Wildman–Crippen LogP) is 0.400. The van der Waals surface area contributed by atoms with Gasteiger partial charge in [-0.05, 0) is 24.6 Å². The van der Waals surface area contributed by atoms with Gasteiger partial charge in [-0.3, -0.25) is 9.58 Å². The van der Waals surface area contributed by atoms with Crippen LogP contribution in [0.2, 0.25) is 0 Å². The van der Waals surface area contributed by atoms with Crippen molar-refractivity contribution in [1.82, 2.24) is 14.7 Å². The molecule has 7 nitrogen and oxygen atoms in total. The first-order valence-corrected chi connectivity index (χ1v) is 7.46. The highest BCUT2D eigenvalue weighted by Gasteiger charge is 2.20. The van der Waals surface area contributed by atoms with Crippen molar-refractivity contribution in [3.63, 3.8) is 0 Å². The highest BCUT2D eigenvalue weighted by molar-refractivity contribution is 5.14. The standard InChI is InChI=1S/C15H21N3O4/c19-9-13-3-2-12(22-13)8-17-4-1-5-18-11(7-17)6-14(16-18)15(21)10-20/h2-3,6,15,19-21H,1,4-5,7-10H2/t15-/m0/s1. The lowest BCUT2D eigenvalue weighted by Gasteiger charge is -2.17. The van der Waals surface area contributed by atoms with E-state index in [1.165, 1.54) is 0 Å². The highest BCUT2D eigenvalue weighted by Crippen LogP contribution is 2.20. The molecule has 0 aliphatic carbocycles. The second kappa shape index (κ2) is 6.62. The lowest BCUT2D eigenvalue weighted by Crippen LogP contribution is -2.22. The first-order valence-electron chi connectivity index (χ1n) is 7.46. The number of aliphatic hydroxyl groups excluding tert-OH is 3. The lowest BCUT2D eigenvalue weighted by atomic mass is 10.2. The zero-order valence-corrected chi connectivity index (χ0v) is 12.4. The molecule has 3 N–H and O–H groups in total. The molecule has 1 atom stereocenters. The molecule has 0 amide bonds. The highest BCUT2D eigenvalue weighted by atomic mass is 16.4. The number of hydrogen-bond donors (Lipinski definition) is 3. The van der Waals surface area contributed by atoms with Crippen LogP contribution in [0.1, 0.15) is 35.4 Å². The van der Waals surface area contributed by atoms with Gasteiger partial charge >= 0.3 is 0 Å². The van der Waals surface area contributed by atoms with Gasteiger partial charge in [-0.15, -0.1) is 0 Å². The Hall–Kier alpha value is -1.67. The van der Waals surface area contributed by atoms with Crippen LogP contribution in [0.25, 0.3) is 0 Å². The number of furan rings is 1. The Bertz CT molecular complexity index is 622. The Balaban J connectivity index is 1.71. The molecule has 0 fully saturated rings. The molecule has 0 unspecified atom stereocenters. The molecule has 2 aromatic heterocycles. The number of aromatic nitrogens is 2. The average Bonchev–Trinajstić information content (AvgIpc) is 3.09. The summed E-state index contributed by atoms with van der Waals surface area (Å²) in [7, 11) is 0. The van der Waals surface area contributed by atoms with E-state index in [9.17, 15) is 5.11 Å². The molecule has 1 aliphatic heterocycles. The molecule has 0 spiro atoms. The van der Waals surface area contributed by atoms with Gasteiger partial charge in [0.2, 0.25) is 0 Å². The summed E-state index contributed by atoms with van der Waals surface area (Å²) in [5.74, 6) is 1.40. The van der Waals surface area contributed by atoms with Crippen molar-refractivity contribution < 1.29 is 19.7 Å². The van der Waals surface area contributed by atoms with E-state index in [1.807, 2.05) is 16.8 Å². The number of rotatable bonds is 5. The Morgan fingerprint density at radius 3 is 2.77 bits per heavy atom. The van der Waals surface area contributed by atoms with E-state index in [-0.39, 0.29) is 13.2 Å². The molecule has 1 aliphatic rings. The Morgan fingerprint density at radius 1 is 1.23 bits per heavy atom. The maximum Gasteiger partial charge on any atom is 0.129 e. The van der Waals surface area contributed by atoms with Crippen LogP contribution in [0.3, 0.4) is 0 Å². The Kier molecular flexibility index (Phi) is 4.58. The Labute approximate surface area is 128 Å². The molecule has 2 aromatic rings. The first-order chi connectivity index (χ1) is 10.7. The van der Waals surface area contributed by atoms with Gasteiger partial charge in [-0.1, -0.05) is 0 Å². The van der Waals surface area contributed by atoms with Crippen LogP contribution in [-0.4, -0.2) is 43.2 Å². The van der Waals surface area contributed by atoms with Gasteiger partial charge in [0, 0.05) is 19.6 Å². The molecule has 22 heavy (non-hydrogen) atoms. The van der Waals surface area contributed by atoms with Crippen molar-refractivity contribution in [2.75, 3.05) is 13.2 Å². The van der Waals surface area contributed by atoms with E-state index >= 15 is 0 Å². The SMILES string of the molecule is OCc1ccc(CN2CCCn3nc([C@@H](O)CO)cc3C2)o1. The number of aryl methyl sites for hydroxylation is 1. The van der Waals surface area contributed by atoms with Crippen LogP contribution in [0.4, 0.5) is 0 Å². The lowest BCUT2D eigenvalue weighted by molar-refractivity contribution is 0.0916. The third kappa shape index (κ3) is 3.22. The molecular weight excluding hydrogens is 286 g/mol. The minimum atomic E-state index is -0.926. The van der Waals surface area contributed by atoms with E-state index in [0.717, 1.165) is 31.0 Å². The third-order valence-electron chi connectivity index (χ3n) is 3.88. The molecule has 0 saturated carbocycles. The van der Waals surface area contributed by atoms with Crippen LogP contribution in [0, 0.1) is 0 Å². The maximum absolute atomic E-state index is 9.70. The summed E-state index contributed by atoms with van der Waals surface area (Å²) in [4.78, 5) is 2.25. The van der Waals surface area contributed by atoms with Gasteiger partial charge in [0.1, 0.15) is 24.2 Å². The molecule has 0 radical (unpaired) electrons. The second-order valence-electron chi connectivity index (χ2n) is 5.57. The topological polar surface area (TPSA) is 94.9 Å². The van der Waals surface area contributed by atoms with Crippen LogP contribution in [0.5, 0.6) is 0 Å². The van der Waals surface area contributed by atoms with Crippen molar-refractivity contribution in [1.29, 1.82) is 0 Å². The maximum atomic E-state index is 9.70. The third-order valence-corrected chi connectivity index (χ3v) is 3.88.